The number of aryl methyl sites for hydroxylation is 1. The van der Waals surface area contributed by atoms with Crippen LogP contribution in [-0.4, -0.2) is 34.8 Å². The number of nitrogens with zero attached hydrogens (tertiary/aromatic N) is 2. The molecule has 2 aromatic rings. The van der Waals surface area contributed by atoms with Crippen molar-refractivity contribution in [3.8, 4) is 0 Å². The van der Waals surface area contributed by atoms with E-state index in [1.807, 2.05) is 19.1 Å². The van der Waals surface area contributed by atoms with Gasteiger partial charge in [-0.05, 0) is 56.2 Å². The summed E-state index contributed by atoms with van der Waals surface area (Å²) in [5, 5.41) is 2.70. The molecular formula is C24H26FN3O3. The highest BCUT2D eigenvalue weighted by molar-refractivity contribution is 6.22. The van der Waals surface area contributed by atoms with Crippen LogP contribution in [0, 0.1) is 12.7 Å². The number of nitrogens with one attached hydrogen (secondary N) is 1. The van der Waals surface area contributed by atoms with E-state index >= 15 is 0 Å². The zero-order valence-corrected chi connectivity index (χ0v) is 17.5. The molecule has 1 aliphatic carbocycles. The lowest BCUT2D eigenvalue weighted by Gasteiger charge is -2.33. The fourth-order valence-electron chi connectivity index (χ4n) is 4.42. The molecule has 2 aromatic carbocycles. The molecule has 1 aliphatic heterocycles. The van der Waals surface area contributed by atoms with E-state index in [0.29, 0.717) is 11.4 Å². The predicted molar refractivity (Wildman–Crippen MR) is 116 cm³/mol. The maximum absolute atomic E-state index is 13.3. The van der Waals surface area contributed by atoms with Crippen LogP contribution in [0.2, 0.25) is 0 Å². The van der Waals surface area contributed by atoms with Crippen LogP contribution < -0.4 is 10.2 Å². The lowest BCUT2D eigenvalue weighted by atomic mass is 9.93. The number of hydrogen-bond donors (Lipinski definition) is 1. The maximum atomic E-state index is 13.3. The number of anilines is 2. The van der Waals surface area contributed by atoms with Gasteiger partial charge in [-0.2, -0.15) is 0 Å². The molecular weight excluding hydrogens is 397 g/mol. The first-order chi connectivity index (χ1) is 14.9. The monoisotopic (exact) mass is 423 g/mol. The number of rotatable bonds is 5. The third-order valence-corrected chi connectivity index (χ3v) is 6.02. The molecule has 0 spiro atoms. The average Bonchev–Trinajstić information content (AvgIpc) is 3.00. The molecule has 4 amide bonds. The van der Waals surface area contributed by atoms with Crippen molar-refractivity contribution >= 4 is 29.2 Å². The number of imide groups is 1. The minimum absolute atomic E-state index is 0.0516. The number of urea groups is 1. The molecule has 1 unspecified atom stereocenters. The van der Waals surface area contributed by atoms with Gasteiger partial charge in [-0.3, -0.25) is 9.59 Å². The van der Waals surface area contributed by atoms with Crippen molar-refractivity contribution in [1.82, 2.24) is 4.90 Å². The molecule has 2 aliphatic rings. The molecule has 4 rings (SSSR count). The van der Waals surface area contributed by atoms with Gasteiger partial charge in [0.2, 0.25) is 5.91 Å². The largest absolute Gasteiger partial charge is 0.332 e. The summed E-state index contributed by atoms with van der Waals surface area (Å²) in [6.45, 7) is 1.94. The zero-order valence-electron chi connectivity index (χ0n) is 17.5. The van der Waals surface area contributed by atoms with Gasteiger partial charge in [0.1, 0.15) is 11.9 Å². The molecule has 0 radical (unpaired) electrons. The summed E-state index contributed by atoms with van der Waals surface area (Å²) in [6.07, 6.45) is 4.64. The van der Waals surface area contributed by atoms with E-state index in [4.69, 9.17) is 0 Å². The number of carbonyl (C=O) groups excluding carboxylic acids is 3. The second kappa shape index (κ2) is 8.88. The van der Waals surface area contributed by atoms with Gasteiger partial charge < -0.3 is 10.2 Å². The number of benzene rings is 2. The summed E-state index contributed by atoms with van der Waals surface area (Å²) < 4.78 is 13.1. The Balaban J connectivity index is 1.58. The summed E-state index contributed by atoms with van der Waals surface area (Å²) in [5.74, 6) is -1.16. The van der Waals surface area contributed by atoms with E-state index < -0.39 is 11.9 Å². The Kier molecular flexibility index (Phi) is 6.02. The first-order valence-corrected chi connectivity index (χ1v) is 10.7. The average molecular weight is 423 g/mol. The van der Waals surface area contributed by atoms with E-state index in [2.05, 4.69) is 5.32 Å². The van der Waals surface area contributed by atoms with E-state index in [-0.39, 0.29) is 30.3 Å². The van der Waals surface area contributed by atoms with Crippen LogP contribution in [0.4, 0.5) is 20.6 Å². The Hall–Kier alpha value is -3.22. The van der Waals surface area contributed by atoms with Crippen molar-refractivity contribution in [2.75, 3.05) is 10.2 Å². The Labute approximate surface area is 181 Å². The van der Waals surface area contributed by atoms with E-state index in [1.54, 1.807) is 17.0 Å². The molecule has 31 heavy (non-hydrogen) atoms. The third kappa shape index (κ3) is 4.45. The first kappa shape index (κ1) is 21.0. The molecule has 2 fully saturated rings. The van der Waals surface area contributed by atoms with Gasteiger partial charge in [-0.25, -0.2) is 14.1 Å². The summed E-state index contributed by atoms with van der Waals surface area (Å²) in [6, 6.07) is 11.4. The van der Waals surface area contributed by atoms with Gasteiger partial charge in [0.05, 0.1) is 12.1 Å². The molecule has 162 valence electrons. The smallest absolute Gasteiger partial charge is 0.326 e. The highest BCUT2D eigenvalue weighted by Gasteiger charge is 2.49. The number of carbonyl (C=O) groups is 3. The number of hydrogen-bond acceptors (Lipinski definition) is 3. The van der Waals surface area contributed by atoms with Crippen LogP contribution in [0.5, 0.6) is 0 Å². The van der Waals surface area contributed by atoms with Gasteiger partial charge in [0.25, 0.3) is 5.91 Å². The third-order valence-electron chi connectivity index (χ3n) is 6.02. The highest BCUT2D eigenvalue weighted by atomic mass is 19.1. The van der Waals surface area contributed by atoms with Crippen LogP contribution in [0.15, 0.2) is 48.5 Å². The fraction of sp³-hybridized carbons (Fsp3) is 0.375. The topological polar surface area (TPSA) is 69.7 Å². The molecule has 1 N–H and O–H groups in total. The summed E-state index contributed by atoms with van der Waals surface area (Å²) in [7, 11) is 0. The van der Waals surface area contributed by atoms with Gasteiger partial charge in [0.15, 0.2) is 0 Å². The Bertz CT molecular complexity index is 969. The molecule has 1 saturated heterocycles. The lowest BCUT2D eigenvalue weighted by molar-refractivity contribution is -0.125. The summed E-state index contributed by atoms with van der Waals surface area (Å²) in [4.78, 5) is 42.2. The van der Waals surface area contributed by atoms with Crippen molar-refractivity contribution in [3.05, 3.63) is 59.9 Å². The number of halogens is 1. The molecule has 7 heteroatoms. The van der Waals surface area contributed by atoms with Crippen molar-refractivity contribution in [2.45, 2.75) is 57.5 Å². The Morgan fingerprint density at radius 3 is 2.29 bits per heavy atom. The maximum Gasteiger partial charge on any atom is 0.332 e. The van der Waals surface area contributed by atoms with Crippen LogP contribution in [0.3, 0.4) is 0 Å². The molecule has 1 heterocycles. The second-order valence-corrected chi connectivity index (χ2v) is 8.27. The van der Waals surface area contributed by atoms with Gasteiger partial charge in [0, 0.05) is 11.7 Å². The van der Waals surface area contributed by atoms with Crippen LogP contribution >= 0.6 is 0 Å². The first-order valence-electron chi connectivity index (χ1n) is 10.7. The van der Waals surface area contributed by atoms with Gasteiger partial charge >= 0.3 is 6.03 Å². The van der Waals surface area contributed by atoms with Crippen molar-refractivity contribution in [2.24, 2.45) is 0 Å². The lowest BCUT2D eigenvalue weighted by Crippen LogP contribution is -2.45. The van der Waals surface area contributed by atoms with Crippen LogP contribution in [-0.2, 0) is 9.59 Å². The molecule has 1 atom stereocenters. The van der Waals surface area contributed by atoms with Crippen molar-refractivity contribution in [1.29, 1.82) is 0 Å². The van der Waals surface area contributed by atoms with Gasteiger partial charge in [-0.1, -0.05) is 37.0 Å². The van der Waals surface area contributed by atoms with Gasteiger partial charge in [-0.15, -0.1) is 0 Å². The molecule has 6 nitrogen and oxygen atoms in total. The Morgan fingerprint density at radius 1 is 1.00 bits per heavy atom. The summed E-state index contributed by atoms with van der Waals surface area (Å²) >= 11 is 0. The molecule has 1 saturated carbocycles. The predicted octanol–water partition coefficient (Wildman–Crippen LogP) is 4.63. The SMILES string of the molecule is Cc1ccc(N2C(=O)C(CC(=O)Nc3ccc(F)cc3)N(C3CCCCC3)C2=O)cc1. The standard InChI is InChI=1S/C24H26FN3O3/c1-16-7-13-20(14-8-16)28-23(30)21(27(24(28)31)19-5-3-2-4-6-19)15-22(29)26-18-11-9-17(25)10-12-18/h7-14,19,21H,2-6,15H2,1H3,(H,26,29). The van der Waals surface area contributed by atoms with E-state index in [0.717, 1.165) is 37.7 Å². The minimum atomic E-state index is -0.850. The van der Waals surface area contributed by atoms with Crippen molar-refractivity contribution in [3.63, 3.8) is 0 Å². The van der Waals surface area contributed by atoms with Crippen LogP contribution in [0.25, 0.3) is 0 Å². The van der Waals surface area contributed by atoms with E-state index in [9.17, 15) is 18.8 Å². The Morgan fingerprint density at radius 2 is 1.65 bits per heavy atom. The van der Waals surface area contributed by atoms with E-state index in [1.165, 1.54) is 29.2 Å². The zero-order chi connectivity index (χ0) is 22.0. The van der Waals surface area contributed by atoms with Crippen LogP contribution in [0.1, 0.15) is 44.1 Å². The molecule has 0 bridgehead atoms. The minimum Gasteiger partial charge on any atom is -0.326 e. The fourth-order valence-corrected chi connectivity index (χ4v) is 4.42. The summed E-state index contributed by atoms with van der Waals surface area (Å²) in [5.41, 5.74) is 1.99. The highest BCUT2D eigenvalue weighted by Crippen LogP contribution is 2.33. The molecule has 0 aromatic heterocycles. The quantitative estimate of drug-likeness (QED) is 0.713. The van der Waals surface area contributed by atoms with Crippen molar-refractivity contribution < 1.29 is 18.8 Å². The second-order valence-electron chi connectivity index (χ2n) is 8.27. The number of amides is 4. The normalized spacial score (nSPS) is 19.7.